The van der Waals surface area contributed by atoms with Gasteiger partial charge in [-0.1, -0.05) is 6.92 Å². The first-order valence-electron chi connectivity index (χ1n) is 7.07. The molecule has 1 aromatic rings. The van der Waals surface area contributed by atoms with Gasteiger partial charge in [0, 0.05) is 24.9 Å². The van der Waals surface area contributed by atoms with Crippen molar-refractivity contribution >= 4 is 0 Å². The van der Waals surface area contributed by atoms with E-state index < -0.39 is 0 Å². The van der Waals surface area contributed by atoms with Gasteiger partial charge in [0.15, 0.2) is 5.89 Å². The number of oxazole rings is 1. The summed E-state index contributed by atoms with van der Waals surface area (Å²) in [4.78, 5) is 6.96. The number of rotatable bonds is 5. The van der Waals surface area contributed by atoms with E-state index in [2.05, 4.69) is 29.0 Å². The fourth-order valence-electron chi connectivity index (χ4n) is 2.55. The Labute approximate surface area is 110 Å². The van der Waals surface area contributed by atoms with Crippen molar-refractivity contribution in [2.45, 2.75) is 45.1 Å². The molecule has 1 aliphatic heterocycles. The second-order valence-corrected chi connectivity index (χ2v) is 5.29. The number of aromatic nitrogens is 1. The molecule has 0 aliphatic carbocycles. The van der Waals surface area contributed by atoms with E-state index in [9.17, 15) is 0 Å². The van der Waals surface area contributed by atoms with Gasteiger partial charge in [-0.2, -0.15) is 0 Å². The minimum atomic E-state index is 0.435. The second-order valence-electron chi connectivity index (χ2n) is 5.29. The van der Waals surface area contributed by atoms with E-state index in [1.165, 1.54) is 19.4 Å². The molecule has 0 spiro atoms. The van der Waals surface area contributed by atoms with Gasteiger partial charge < -0.3 is 14.6 Å². The number of hydrogen-bond acceptors (Lipinski definition) is 4. The van der Waals surface area contributed by atoms with E-state index in [-0.39, 0.29) is 0 Å². The second kappa shape index (κ2) is 6.34. The topological polar surface area (TPSA) is 41.3 Å². The standard InChI is InChI=1S/C14H25N3O/c1-4-17-7-5-6-12(10-17)14-16-9-13(18-14)8-11(2)15-3/h9,11-12,15H,4-8,10H2,1-3H3. The zero-order valence-electron chi connectivity index (χ0n) is 11.8. The lowest BCUT2D eigenvalue weighted by molar-refractivity contribution is 0.200. The predicted molar refractivity (Wildman–Crippen MR) is 72.8 cm³/mol. The lowest BCUT2D eigenvalue weighted by Gasteiger charge is -2.29. The van der Waals surface area contributed by atoms with Crippen LogP contribution in [0.25, 0.3) is 0 Å². The summed E-state index contributed by atoms with van der Waals surface area (Å²) in [5, 5.41) is 3.22. The third kappa shape index (κ3) is 3.33. The van der Waals surface area contributed by atoms with Crippen molar-refractivity contribution in [3.8, 4) is 0 Å². The molecule has 0 aromatic carbocycles. The Kier molecular flexibility index (Phi) is 4.78. The average molecular weight is 251 g/mol. The quantitative estimate of drug-likeness (QED) is 0.869. The van der Waals surface area contributed by atoms with Gasteiger partial charge in [-0.3, -0.25) is 0 Å². The molecule has 18 heavy (non-hydrogen) atoms. The van der Waals surface area contributed by atoms with Crippen molar-refractivity contribution in [2.24, 2.45) is 0 Å². The Morgan fingerprint density at radius 3 is 3.17 bits per heavy atom. The minimum Gasteiger partial charge on any atom is -0.445 e. The molecule has 2 unspecified atom stereocenters. The highest BCUT2D eigenvalue weighted by atomic mass is 16.4. The Bertz CT molecular complexity index is 364. The van der Waals surface area contributed by atoms with E-state index >= 15 is 0 Å². The lowest BCUT2D eigenvalue weighted by atomic mass is 9.98. The summed E-state index contributed by atoms with van der Waals surface area (Å²) >= 11 is 0. The van der Waals surface area contributed by atoms with E-state index in [1.807, 2.05) is 13.2 Å². The summed E-state index contributed by atoms with van der Waals surface area (Å²) in [6, 6.07) is 0.435. The molecule has 1 aliphatic rings. The molecule has 0 amide bonds. The smallest absolute Gasteiger partial charge is 0.198 e. The summed E-state index contributed by atoms with van der Waals surface area (Å²) in [6.07, 6.45) is 5.27. The number of piperidine rings is 1. The van der Waals surface area contributed by atoms with Crippen LogP contribution in [0.4, 0.5) is 0 Å². The molecular weight excluding hydrogens is 226 g/mol. The zero-order chi connectivity index (χ0) is 13.0. The normalized spacial score (nSPS) is 23.2. The van der Waals surface area contributed by atoms with Crippen molar-refractivity contribution in [3.63, 3.8) is 0 Å². The van der Waals surface area contributed by atoms with Crippen LogP contribution in [0.1, 0.15) is 44.3 Å². The number of likely N-dealkylation sites (N-methyl/N-ethyl adjacent to an activating group) is 2. The largest absolute Gasteiger partial charge is 0.445 e. The lowest BCUT2D eigenvalue weighted by Crippen LogP contribution is -2.34. The van der Waals surface area contributed by atoms with Crippen LogP contribution in [0, 0.1) is 0 Å². The molecule has 2 atom stereocenters. The first-order chi connectivity index (χ1) is 8.72. The van der Waals surface area contributed by atoms with Crippen molar-refractivity contribution < 1.29 is 4.42 Å². The highest BCUT2D eigenvalue weighted by Crippen LogP contribution is 2.26. The highest BCUT2D eigenvalue weighted by molar-refractivity contribution is 5.02. The summed E-state index contributed by atoms with van der Waals surface area (Å²) in [6.45, 7) is 7.82. The predicted octanol–water partition coefficient (Wildman–Crippen LogP) is 2.02. The van der Waals surface area contributed by atoms with Gasteiger partial charge in [-0.15, -0.1) is 0 Å². The maximum Gasteiger partial charge on any atom is 0.198 e. The maximum absolute atomic E-state index is 5.91. The van der Waals surface area contributed by atoms with E-state index in [1.54, 1.807) is 0 Å². The fourth-order valence-corrected chi connectivity index (χ4v) is 2.55. The monoisotopic (exact) mass is 251 g/mol. The van der Waals surface area contributed by atoms with Crippen molar-refractivity contribution in [3.05, 3.63) is 17.8 Å². The SMILES string of the molecule is CCN1CCCC(c2ncc(CC(C)NC)o2)C1. The molecule has 1 saturated heterocycles. The number of likely N-dealkylation sites (tertiary alicyclic amines) is 1. The van der Waals surface area contributed by atoms with Crippen LogP contribution in [0.2, 0.25) is 0 Å². The summed E-state index contributed by atoms with van der Waals surface area (Å²) in [5.41, 5.74) is 0. The molecule has 1 aromatic heterocycles. The number of hydrogen-bond donors (Lipinski definition) is 1. The van der Waals surface area contributed by atoms with Crippen molar-refractivity contribution in [1.29, 1.82) is 0 Å². The molecule has 2 heterocycles. The third-order valence-electron chi connectivity index (χ3n) is 3.87. The van der Waals surface area contributed by atoms with Crippen LogP contribution >= 0.6 is 0 Å². The average Bonchev–Trinajstić information content (AvgIpc) is 2.87. The molecular formula is C14H25N3O. The molecule has 4 heteroatoms. The molecule has 2 rings (SSSR count). The Morgan fingerprint density at radius 1 is 1.61 bits per heavy atom. The van der Waals surface area contributed by atoms with Crippen LogP contribution in [0.15, 0.2) is 10.6 Å². The van der Waals surface area contributed by atoms with Crippen LogP contribution < -0.4 is 5.32 Å². The first kappa shape index (κ1) is 13.6. The molecule has 0 radical (unpaired) electrons. The molecule has 1 fully saturated rings. The molecule has 0 bridgehead atoms. The molecule has 102 valence electrons. The summed E-state index contributed by atoms with van der Waals surface area (Å²) < 4.78 is 5.91. The fraction of sp³-hybridized carbons (Fsp3) is 0.786. The van der Waals surface area contributed by atoms with E-state index in [4.69, 9.17) is 4.42 Å². The van der Waals surface area contributed by atoms with E-state index in [0.29, 0.717) is 12.0 Å². The van der Waals surface area contributed by atoms with Gasteiger partial charge in [0.2, 0.25) is 0 Å². The van der Waals surface area contributed by atoms with Crippen molar-refractivity contribution in [2.75, 3.05) is 26.7 Å². The number of nitrogens with one attached hydrogen (secondary N) is 1. The van der Waals surface area contributed by atoms with Crippen molar-refractivity contribution in [1.82, 2.24) is 15.2 Å². The van der Waals surface area contributed by atoms with E-state index in [0.717, 1.165) is 31.2 Å². The van der Waals surface area contributed by atoms with Crippen LogP contribution in [0.3, 0.4) is 0 Å². The Hall–Kier alpha value is -0.870. The highest BCUT2D eigenvalue weighted by Gasteiger charge is 2.24. The zero-order valence-corrected chi connectivity index (χ0v) is 11.8. The maximum atomic E-state index is 5.91. The number of nitrogens with zero attached hydrogens (tertiary/aromatic N) is 2. The molecule has 4 nitrogen and oxygen atoms in total. The van der Waals surface area contributed by atoms with Crippen LogP contribution in [-0.4, -0.2) is 42.6 Å². The summed E-state index contributed by atoms with van der Waals surface area (Å²) in [7, 11) is 1.97. The van der Waals surface area contributed by atoms with Gasteiger partial charge in [0.25, 0.3) is 0 Å². The van der Waals surface area contributed by atoms with Gasteiger partial charge in [0.05, 0.1) is 6.20 Å². The molecule has 1 N–H and O–H groups in total. The van der Waals surface area contributed by atoms with Gasteiger partial charge in [-0.25, -0.2) is 4.98 Å². The third-order valence-corrected chi connectivity index (χ3v) is 3.87. The minimum absolute atomic E-state index is 0.435. The summed E-state index contributed by atoms with van der Waals surface area (Å²) in [5.74, 6) is 2.42. The Balaban J connectivity index is 1.96. The van der Waals surface area contributed by atoms with Gasteiger partial charge in [-0.05, 0) is 39.9 Å². The van der Waals surface area contributed by atoms with Gasteiger partial charge >= 0.3 is 0 Å². The van der Waals surface area contributed by atoms with Crippen LogP contribution in [0.5, 0.6) is 0 Å². The Morgan fingerprint density at radius 2 is 2.44 bits per heavy atom. The molecule has 0 saturated carbocycles. The first-order valence-corrected chi connectivity index (χ1v) is 7.07. The van der Waals surface area contributed by atoms with Crippen LogP contribution in [-0.2, 0) is 6.42 Å². The van der Waals surface area contributed by atoms with Gasteiger partial charge in [0.1, 0.15) is 5.76 Å².